The second-order valence-electron chi connectivity index (χ2n) is 7.68. The van der Waals surface area contributed by atoms with Crippen LogP contribution >= 0.6 is 0 Å². The smallest absolute Gasteiger partial charge is 0.191 e. The summed E-state index contributed by atoms with van der Waals surface area (Å²) in [7, 11) is 1.17. The lowest BCUT2D eigenvalue weighted by Crippen LogP contribution is -2.47. The van der Waals surface area contributed by atoms with Crippen LogP contribution in [-0.4, -0.2) is 65.3 Å². The molecule has 1 aliphatic heterocycles. The zero-order chi connectivity index (χ0) is 18.1. The fraction of sp³-hybridized carbons (Fsp3) is 0.947. The zero-order valence-corrected chi connectivity index (χ0v) is 17.2. The van der Waals surface area contributed by atoms with Gasteiger partial charge in [-0.2, -0.15) is 0 Å². The van der Waals surface area contributed by atoms with Crippen LogP contribution in [0.1, 0.15) is 58.8 Å². The Kier molecular flexibility index (Phi) is 9.24. The van der Waals surface area contributed by atoms with Gasteiger partial charge in [-0.25, -0.2) is 0 Å². The Bertz CT molecular complexity index is 435. The lowest BCUT2D eigenvalue weighted by Gasteiger charge is -2.31. The molecular formula is C19H38N4OS. The number of guanidine groups is 1. The van der Waals surface area contributed by atoms with Gasteiger partial charge < -0.3 is 15.5 Å². The standard InChI is InChI=1S/C19H38N4OS/c1-4-25(24)18-8-5-7-17(15-18)22-19(20-3)21-11-6-12-23-13-9-16(2)10-14-23/h16-18H,4-15H2,1-3H3,(H2,20,21,22). The molecule has 0 amide bonds. The molecule has 1 saturated heterocycles. The highest BCUT2D eigenvalue weighted by Gasteiger charge is 2.26. The summed E-state index contributed by atoms with van der Waals surface area (Å²) in [6.07, 6.45) is 8.29. The van der Waals surface area contributed by atoms with Crippen LogP contribution < -0.4 is 10.6 Å². The number of piperidine rings is 1. The summed E-state index contributed by atoms with van der Waals surface area (Å²) in [4.78, 5) is 6.96. The van der Waals surface area contributed by atoms with E-state index in [0.29, 0.717) is 11.3 Å². The minimum atomic E-state index is -0.669. The topological polar surface area (TPSA) is 56.7 Å². The third-order valence-corrected chi connectivity index (χ3v) is 7.41. The third-order valence-electron chi connectivity index (χ3n) is 5.67. The van der Waals surface area contributed by atoms with E-state index in [2.05, 4.69) is 27.4 Å². The molecule has 0 aromatic rings. The van der Waals surface area contributed by atoms with Crippen molar-refractivity contribution in [3.63, 3.8) is 0 Å². The van der Waals surface area contributed by atoms with Crippen molar-refractivity contribution in [2.75, 3.05) is 39.0 Å². The number of aliphatic imine (C=N–C) groups is 1. The predicted octanol–water partition coefficient (Wildman–Crippen LogP) is 2.35. The van der Waals surface area contributed by atoms with Crippen molar-refractivity contribution in [3.8, 4) is 0 Å². The third kappa shape index (κ3) is 7.26. The Morgan fingerprint density at radius 1 is 1.24 bits per heavy atom. The van der Waals surface area contributed by atoms with Crippen molar-refractivity contribution in [3.05, 3.63) is 0 Å². The summed E-state index contributed by atoms with van der Waals surface area (Å²) < 4.78 is 12.1. The molecule has 6 heteroatoms. The average Bonchev–Trinajstić information content (AvgIpc) is 2.65. The summed E-state index contributed by atoms with van der Waals surface area (Å²) in [5.74, 6) is 2.58. The molecule has 0 bridgehead atoms. The van der Waals surface area contributed by atoms with Gasteiger partial charge in [-0.3, -0.25) is 9.20 Å². The monoisotopic (exact) mass is 370 g/mol. The lowest BCUT2D eigenvalue weighted by atomic mass is 9.95. The van der Waals surface area contributed by atoms with E-state index >= 15 is 0 Å². The number of rotatable bonds is 7. The summed E-state index contributed by atoms with van der Waals surface area (Å²) in [5.41, 5.74) is 0. The van der Waals surface area contributed by atoms with Crippen LogP contribution in [-0.2, 0) is 10.8 Å². The molecular weight excluding hydrogens is 332 g/mol. The summed E-state index contributed by atoms with van der Waals surface area (Å²) in [6.45, 7) is 9.04. The van der Waals surface area contributed by atoms with Crippen LogP contribution in [0.25, 0.3) is 0 Å². The molecule has 3 unspecified atom stereocenters. The van der Waals surface area contributed by atoms with Crippen LogP contribution in [0.15, 0.2) is 4.99 Å². The Morgan fingerprint density at radius 2 is 2.00 bits per heavy atom. The lowest BCUT2D eigenvalue weighted by molar-refractivity contribution is 0.191. The van der Waals surface area contributed by atoms with Crippen molar-refractivity contribution < 1.29 is 4.21 Å². The first-order valence-electron chi connectivity index (χ1n) is 10.2. The molecule has 0 radical (unpaired) electrons. The average molecular weight is 371 g/mol. The van der Waals surface area contributed by atoms with Gasteiger partial charge in [-0.05, 0) is 64.1 Å². The van der Waals surface area contributed by atoms with Gasteiger partial charge in [0.15, 0.2) is 5.96 Å². The van der Waals surface area contributed by atoms with E-state index in [9.17, 15) is 4.21 Å². The van der Waals surface area contributed by atoms with Crippen LogP contribution in [0.3, 0.4) is 0 Å². The fourth-order valence-electron chi connectivity index (χ4n) is 3.93. The van der Waals surface area contributed by atoms with E-state index in [-0.39, 0.29) is 0 Å². The number of hydrogen-bond donors (Lipinski definition) is 2. The number of hydrogen-bond acceptors (Lipinski definition) is 3. The molecule has 0 aromatic carbocycles. The molecule has 5 nitrogen and oxygen atoms in total. The molecule has 2 rings (SSSR count). The van der Waals surface area contributed by atoms with Crippen LogP contribution in [0.5, 0.6) is 0 Å². The summed E-state index contributed by atoms with van der Waals surface area (Å²) in [6, 6.07) is 0.407. The normalized spacial score (nSPS) is 27.9. The van der Waals surface area contributed by atoms with Gasteiger partial charge in [0.2, 0.25) is 0 Å². The molecule has 25 heavy (non-hydrogen) atoms. The molecule has 0 spiro atoms. The minimum absolute atomic E-state index is 0.357. The Balaban J connectivity index is 1.64. The highest BCUT2D eigenvalue weighted by molar-refractivity contribution is 7.85. The molecule has 0 aromatic heterocycles. The fourth-order valence-corrected chi connectivity index (χ4v) is 5.28. The summed E-state index contributed by atoms with van der Waals surface area (Å²) >= 11 is 0. The number of nitrogens with one attached hydrogen (secondary N) is 2. The molecule has 2 fully saturated rings. The largest absolute Gasteiger partial charge is 0.356 e. The van der Waals surface area contributed by atoms with E-state index in [1.54, 1.807) is 0 Å². The van der Waals surface area contributed by atoms with Gasteiger partial charge >= 0.3 is 0 Å². The van der Waals surface area contributed by atoms with Crippen molar-refractivity contribution in [2.45, 2.75) is 70.1 Å². The van der Waals surface area contributed by atoms with Gasteiger partial charge in [0.05, 0.1) is 0 Å². The van der Waals surface area contributed by atoms with Crippen molar-refractivity contribution in [1.82, 2.24) is 15.5 Å². The highest BCUT2D eigenvalue weighted by atomic mass is 32.2. The first-order chi connectivity index (χ1) is 12.1. The molecule has 2 N–H and O–H groups in total. The second-order valence-corrected chi connectivity index (χ2v) is 9.68. The molecule has 1 aliphatic carbocycles. The van der Waals surface area contributed by atoms with Crippen molar-refractivity contribution >= 4 is 16.8 Å². The van der Waals surface area contributed by atoms with Crippen LogP contribution in [0, 0.1) is 5.92 Å². The van der Waals surface area contributed by atoms with Gasteiger partial charge in [0.25, 0.3) is 0 Å². The van der Waals surface area contributed by atoms with Gasteiger partial charge in [0, 0.05) is 41.4 Å². The Hall–Kier alpha value is -0.620. The van der Waals surface area contributed by atoms with E-state index in [1.807, 2.05) is 14.0 Å². The van der Waals surface area contributed by atoms with Crippen LogP contribution in [0.2, 0.25) is 0 Å². The van der Waals surface area contributed by atoms with E-state index in [4.69, 9.17) is 0 Å². The predicted molar refractivity (Wildman–Crippen MR) is 109 cm³/mol. The highest BCUT2D eigenvalue weighted by Crippen LogP contribution is 2.23. The van der Waals surface area contributed by atoms with E-state index < -0.39 is 10.8 Å². The van der Waals surface area contributed by atoms with E-state index in [0.717, 1.165) is 49.9 Å². The molecule has 2 aliphatic rings. The molecule has 1 saturated carbocycles. The number of nitrogens with zero attached hydrogens (tertiary/aromatic N) is 2. The second kappa shape index (κ2) is 11.2. The van der Waals surface area contributed by atoms with Gasteiger partial charge in [0.1, 0.15) is 0 Å². The van der Waals surface area contributed by atoms with Gasteiger partial charge in [-0.15, -0.1) is 0 Å². The first kappa shape index (κ1) is 20.7. The van der Waals surface area contributed by atoms with Crippen molar-refractivity contribution in [2.24, 2.45) is 10.9 Å². The summed E-state index contributed by atoms with van der Waals surface area (Å²) in [5, 5.41) is 7.37. The first-order valence-corrected chi connectivity index (χ1v) is 11.6. The van der Waals surface area contributed by atoms with Crippen LogP contribution in [0.4, 0.5) is 0 Å². The number of likely N-dealkylation sites (tertiary alicyclic amines) is 1. The maximum Gasteiger partial charge on any atom is 0.191 e. The quantitative estimate of drug-likeness (QED) is 0.410. The van der Waals surface area contributed by atoms with E-state index in [1.165, 1.54) is 38.9 Å². The van der Waals surface area contributed by atoms with Crippen molar-refractivity contribution in [1.29, 1.82) is 0 Å². The molecule has 146 valence electrons. The Labute approximate surface area is 156 Å². The molecule has 1 heterocycles. The minimum Gasteiger partial charge on any atom is -0.356 e. The molecule has 3 atom stereocenters. The maximum atomic E-state index is 12.1. The maximum absolute atomic E-state index is 12.1. The SMILES string of the molecule is CCS(=O)C1CCCC(NC(=NC)NCCCN2CCC(C)CC2)C1. The Morgan fingerprint density at radius 3 is 2.68 bits per heavy atom. The van der Waals surface area contributed by atoms with Gasteiger partial charge in [-0.1, -0.05) is 20.3 Å². The zero-order valence-electron chi connectivity index (χ0n) is 16.4.